The van der Waals surface area contributed by atoms with Crippen molar-refractivity contribution < 1.29 is 68.4 Å². The molecule has 23 N–H and O–H groups in total. The van der Waals surface area contributed by atoms with Crippen LogP contribution in [0, 0.1) is 53.3 Å². The maximum absolute atomic E-state index is 11.8. The number of aliphatic hydroxyl groups is 5. The minimum Gasteiger partial charge on any atom is -0.490 e. The van der Waals surface area contributed by atoms with Gasteiger partial charge in [-0.25, -0.2) is 15.0 Å². The third-order valence-electron chi connectivity index (χ3n) is 21.0. The molecular weight excluding hydrogens is 1370 g/mol. The summed E-state index contributed by atoms with van der Waals surface area (Å²) in [6.45, 7) is 45.2. The molecular formula is C79H150N14O14. The van der Waals surface area contributed by atoms with Gasteiger partial charge in [-0.2, -0.15) is 0 Å². The van der Waals surface area contributed by atoms with E-state index in [9.17, 15) is 44.7 Å². The lowest BCUT2D eigenvalue weighted by Crippen LogP contribution is -2.60. The van der Waals surface area contributed by atoms with Gasteiger partial charge in [-0.3, -0.25) is 19.2 Å². The van der Waals surface area contributed by atoms with Crippen molar-refractivity contribution in [1.82, 2.24) is 21.3 Å². The van der Waals surface area contributed by atoms with Gasteiger partial charge in [-0.15, -0.1) is 0 Å². The van der Waals surface area contributed by atoms with Gasteiger partial charge >= 0.3 is 0 Å². The summed E-state index contributed by atoms with van der Waals surface area (Å²) in [6, 6.07) is -1.81. The SMILES string of the molecule is CCC(CC)O[C@@H]1C=C(C(C)=O)C[C@H](NC(C)C)[C@H]1C.CCC(CC)O[C@@H]1C=C(C(C)C)C[C@H](N)[C@H]1C.CCC(CC)[C@H](NC(C)=O)[C@@H]1[C@H](O)[C@@H](C(C)C)C[C@H]1N=C(N)N.CC[C@@H](O)[C@@H](O)[C@@H]1OC(C(C)C)=C[C@H](N=C(N)N)[C@H]1NC(C)=O.CO[C@@H]([C@@H]1OC(C(C)C)=C[C@H](N=C(N)N)[C@H]1NC(C)=O)[C@H](O)CO. The first kappa shape index (κ1) is 99.1. The summed E-state index contributed by atoms with van der Waals surface area (Å²) in [5, 5.41) is 62.7. The Morgan fingerprint density at radius 2 is 1.06 bits per heavy atom. The Hall–Kier alpha value is -5.95. The average Bonchev–Trinajstić information content (AvgIpc) is 1.76. The first-order valence-electron chi connectivity index (χ1n) is 39.4. The summed E-state index contributed by atoms with van der Waals surface area (Å²) in [6.07, 6.45) is 11.4. The van der Waals surface area contributed by atoms with Crippen LogP contribution in [0.4, 0.5) is 0 Å². The number of hydrogen-bond acceptors (Lipinski definition) is 19. The lowest BCUT2D eigenvalue weighted by Gasteiger charge is -2.41. The predicted octanol–water partition coefficient (Wildman–Crippen LogP) is 5.86. The number of ether oxygens (including phenoxy) is 5. The lowest BCUT2D eigenvalue weighted by molar-refractivity contribution is -0.133. The van der Waals surface area contributed by atoms with Crippen molar-refractivity contribution in [2.24, 2.45) is 108 Å². The summed E-state index contributed by atoms with van der Waals surface area (Å²) in [7, 11) is 1.39. The molecule has 3 aliphatic carbocycles. The van der Waals surface area contributed by atoms with Gasteiger partial charge in [-0.05, 0) is 106 Å². The lowest BCUT2D eigenvalue weighted by atomic mass is 9.79. The van der Waals surface area contributed by atoms with E-state index in [1.165, 1.54) is 33.5 Å². The number of allylic oxidation sites excluding steroid dienone is 2. The molecule has 21 atom stereocenters. The molecule has 2 aliphatic heterocycles. The van der Waals surface area contributed by atoms with Crippen LogP contribution in [0.25, 0.3) is 0 Å². The predicted molar refractivity (Wildman–Crippen MR) is 428 cm³/mol. The molecule has 0 saturated heterocycles. The van der Waals surface area contributed by atoms with Crippen LogP contribution in [0.3, 0.4) is 0 Å². The molecule has 1 fully saturated rings. The van der Waals surface area contributed by atoms with Gasteiger partial charge in [0.1, 0.15) is 30.5 Å². The summed E-state index contributed by atoms with van der Waals surface area (Å²) < 4.78 is 29.5. The van der Waals surface area contributed by atoms with Crippen molar-refractivity contribution in [3.05, 3.63) is 47.0 Å². The third-order valence-corrected chi connectivity index (χ3v) is 21.0. The Morgan fingerprint density at radius 1 is 0.598 bits per heavy atom. The quantitative estimate of drug-likeness (QED) is 0.0213. The number of hydrogen-bond donors (Lipinski definition) is 16. The molecule has 0 unspecified atom stereocenters. The Balaban J connectivity index is 0.000000672. The number of aliphatic imine (C=N–C) groups is 3. The van der Waals surface area contributed by atoms with Crippen molar-refractivity contribution in [3.63, 3.8) is 0 Å². The van der Waals surface area contributed by atoms with Crippen molar-refractivity contribution in [2.45, 2.75) is 345 Å². The number of ketones is 1. The molecule has 0 aromatic carbocycles. The molecule has 0 aromatic rings. The number of nitrogens with two attached hydrogens (primary N) is 7. The topological polar surface area (TPSA) is 483 Å². The fourth-order valence-corrected chi connectivity index (χ4v) is 14.5. The number of aliphatic hydroxyl groups excluding tert-OH is 5. The molecule has 5 aliphatic rings. The van der Waals surface area contributed by atoms with E-state index < -0.39 is 73.5 Å². The Kier molecular flexibility index (Phi) is 45.7. The van der Waals surface area contributed by atoms with Crippen molar-refractivity contribution >= 4 is 41.4 Å². The second-order valence-electron chi connectivity index (χ2n) is 31.1. The average molecular weight is 1520 g/mol. The Morgan fingerprint density at radius 3 is 1.42 bits per heavy atom. The number of nitrogens with zero attached hydrogens (tertiary/aromatic N) is 3. The van der Waals surface area contributed by atoms with Crippen LogP contribution < -0.4 is 61.4 Å². The van der Waals surface area contributed by atoms with Gasteiger partial charge in [0.15, 0.2) is 23.7 Å². The molecule has 2 heterocycles. The molecule has 3 amide bonds. The zero-order chi connectivity index (χ0) is 82.2. The monoisotopic (exact) mass is 1520 g/mol. The van der Waals surface area contributed by atoms with Gasteiger partial charge in [-0.1, -0.05) is 156 Å². The normalized spacial score (nSPS) is 27.6. The molecule has 5 rings (SSSR count). The number of carbonyl (C=O) groups excluding carboxylic acids is 4. The number of nitrogens with one attached hydrogen (secondary N) is 4. The van der Waals surface area contributed by atoms with Gasteiger partial charge in [0.05, 0.1) is 85.0 Å². The highest BCUT2D eigenvalue weighted by atomic mass is 16.6. The number of carbonyl (C=O) groups is 4. The molecule has 0 spiro atoms. The van der Waals surface area contributed by atoms with E-state index in [1.54, 1.807) is 26.0 Å². The van der Waals surface area contributed by atoms with Crippen LogP contribution in [-0.2, 0) is 42.9 Å². The second kappa shape index (κ2) is 49.3. The highest BCUT2D eigenvalue weighted by Crippen LogP contribution is 2.43. The highest BCUT2D eigenvalue weighted by Gasteiger charge is 2.50. The number of amides is 3. The van der Waals surface area contributed by atoms with Crippen LogP contribution in [-0.4, -0.2) is 202 Å². The van der Waals surface area contributed by atoms with E-state index in [4.69, 9.17) is 63.8 Å². The van der Waals surface area contributed by atoms with Gasteiger partial charge < -0.3 is 111 Å². The van der Waals surface area contributed by atoms with E-state index in [2.05, 4.69) is 145 Å². The van der Waals surface area contributed by atoms with E-state index in [0.717, 1.165) is 63.4 Å². The fraction of sp³-hybridized carbons (Fsp3) is 0.810. The Labute approximate surface area is 642 Å². The molecule has 107 heavy (non-hydrogen) atoms. The van der Waals surface area contributed by atoms with Crippen LogP contribution in [0.5, 0.6) is 0 Å². The molecule has 620 valence electrons. The van der Waals surface area contributed by atoms with Crippen LogP contribution in [0.15, 0.2) is 61.9 Å². The minimum atomic E-state index is -1.19. The molecule has 1 saturated carbocycles. The summed E-state index contributed by atoms with van der Waals surface area (Å²) in [5.74, 6) is 2.58. The number of methoxy groups -OCH3 is 1. The second-order valence-corrected chi connectivity index (χ2v) is 31.1. The Bertz CT molecular complexity index is 2850. The third kappa shape index (κ3) is 32.5. The molecule has 28 nitrogen and oxygen atoms in total. The largest absolute Gasteiger partial charge is 0.490 e. The summed E-state index contributed by atoms with van der Waals surface area (Å²) in [5.41, 5.74) is 41.8. The van der Waals surface area contributed by atoms with Crippen molar-refractivity contribution in [2.75, 3.05) is 13.7 Å². The van der Waals surface area contributed by atoms with Gasteiger partial charge in [0.2, 0.25) is 17.7 Å². The molecule has 28 heteroatoms. The minimum absolute atomic E-state index is 0.0336. The summed E-state index contributed by atoms with van der Waals surface area (Å²) >= 11 is 0. The molecule has 0 radical (unpaired) electrons. The smallest absolute Gasteiger partial charge is 0.217 e. The van der Waals surface area contributed by atoms with E-state index in [-0.39, 0.29) is 101 Å². The summed E-state index contributed by atoms with van der Waals surface area (Å²) in [4.78, 5) is 59.3. The fourth-order valence-electron chi connectivity index (χ4n) is 14.5. The first-order valence-corrected chi connectivity index (χ1v) is 39.4. The van der Waals surface area contributed by atoms with Gasteiger partial charge in [0.25, 0.3) is 0 Å². The molecule has 0 bridgehead atoms. The maximum Gasteiger partial charge on any atom is 0.217 e. The van der Waals surface area contributed by atoms with Crippen molar-refractivity contribution in [3.8, 4) is 0 Å². The van der Waals surface area contributed by atoms with E-state index in [0.29, 0.717) is 65.7 Å². The molecule has 0 aromatic heterocycles. The van der Waals surface area contributed by atoms with Crippen LogP contribution in [0.1, 0.15) is 223 Å². The van der Waals surface area contributed by atoms with Crippen LogP contribution in [0.2, 0.25) is 0 Å². The van der Waals surface area contributed by atoms with E-state index >= 15 is 0 Å². The maximum atomic E-state index is 11.8. The first-order chi connectivity index (χ1) is 50.0. The van der Waals surface area contributed by atoms with Crippen molar-refractivity contribution in [1.29, 1.82) is 0 Å². The van der Waals surface area contributed by atoms with E-state index in [1.807, 2.05) is 27.7 Å². The zero-order valence-electron chi connectivity index (χ0n) is 69.6. The standard InChI is InChI=1S/C17H34N4O2.C17H31NO2.C15H28N4O5.C15H28N4O4.C15H29NO/c1-6-11(7-2)15(20-10(5)22)14-13(21-17(18)19)8-12(9(3)4)16(14)23;1-7-15(8-2)20-17-10-14(13(6)19)9-16(12(17)5)18-11(3)4;1-7(2)11-5-9(19-15(16)17)12(18-8(3)21)14(24-11)13(23-4)10(22)6-20;1-5-10(21)13(22)14-12(18-8(4)20)9(19-15(16)17)6-11(23-14)7(2)3;1-6-13(7-2)17-15-9-12(10(3)4)8-14(16)11(15)5/h9,11-16,23H,6-8H2,1-5H3,(H,20,22)(H4,18,19,21);10-12,15-18H,7-9H2,1-6H3;5,7,9-10,12-14,20,22H,6H2,1-4H3,(H,18,21)(H4,16,17,19);6-7,9-10,12-14,21-22H,5H2,1-4H3,(H,18,20)(H4,16,17,19);9-11,13-15H,6-8,16H2,1-5H3/t12-,13-,14-,15+,16-;12-,16+,17-;2*9-,10+,12+,13+,14+;11-,14+,15-/m11001/s1. The zero-order valence-corrected chi connectivity index (χ0v) is 69.6. The number of rotatable bonds is 32. The van der Waals surface area contributed by atoms with Crippen LogP contribution >= 0.6 is 0 Å². The number of guanidine groups is 3. The number of Topliss-reactive ketones (excluding diaryl/α,β-unsaturated/α-hetero) is 1. The highest BCUT2D eigenvalue weighted by molar-refractivity contribution is 5.93. The van der Waals surface area contributed by atoms with Gasteiger partial charge in [0, 0.05) is 81.6 Å².